The van der Waals surface area contributed by atoms with Gasteiger partial charge in [-0.2, -0.15) is 0 Å². The smallest absolute Gasteiger partial charge is 0.296 e. The van der Waals surface area contributed by atoms with Crippen LogP contribution in [0, 0.1) is 5.82 Å². The second kappa shape index (κ2) is 7.77. The lowest BCUT2D eigenvalue weighted by Crippen LogP contribution is -2.45. The number of nitrogens with one attached hydrogen (secondary N) is 1. The standard InChI is InChI=1S/C19H20FN3O5S/c1-29-13-8-12(20)3-2-11(13)9-21-16(25)14-15(24)17(26)23-5-7-28-19(18(23)22-14)4-6-27-10-19/h2-3,8,24H,4-7,9-10H2,1H3,(H,21,25). The minimum atomic E-state index is -0.886. The highest BCUT2D eigenvalue weighted by Gasteiger charge is 2.45. The van der Waals surface area contributed by atoms with Gasteiger partial charge in [0.2, 0.25) is 5.75 Å². The van der Waals surface area contributed by atoms with E-state index in [1.807, 2.05) is 0 Å². The maximum atomic E-state index is 13.4. The molecule has 1 saturated heterocycles. The Bertz CT molecular complexity index is 1020. The van der Waals surface area contributed by atoms with Crippen molar-refractivity contribution in [3.8, 4) is 5.75 Å². The molecule has 3 heterocycles. The molecule has 29 heavy (non-hydrogen) atoms. The number of rotatable bonds is 4. The molecule has 0 bridgehead atoms. The Morgan fingerprint density at radius 2 is 2.28 bits per heavy atom. The Labute approximate surface area is 170 Å². The van der Waals surface area contributed by atoms with Crippen LogP contribution < -0.4 is 10.9 Å². The van der Waals surface area contributed by atoms with Gasteiger partial charge in [0.1, 0.15) is 11.6 Å². The molecule has 0 radical (unpaired) electrons. The monoisotopic (exact) mass is 421 g/mol. The zero-order valence-corrected chi connectivity index (χ0v) is 16.6. The number of thioether (sulfide) groups is 1. The van der Waals surface area contributed by atoms with Crippen LogP contribution in [0.4, 0.5) is 4.39 Å². The fourth-order valence-electron chi connectivity index (χ4n) is 3.62. The normalized spacial score (nSPS) is 20.6. The maximum absolute atomic E-state index is 13.4. The number of carbonyl (C=O) groups is 1. The van der Waals surface area contributed by atoms with E-state index in [1.165, 1.54) is 28.5 Å². The Morgan fingerprint density at radius 1 is 1.45 bits per heavy atom. The van der Waals surface area contributed by atoms with Crippen molar-refractivity contribution >= 4 is 17.7 Å². The predicted octanol–water partition coefficient (Wildman–Crippen LogP) is 1.39. The van der Waals surface area contributed by atoms with E-state index < -0.39 is 22.8 Å². The SMILES string of the molecule is CSc1cc(F)ccc1CNC(=O)c1nc2n(c(=O)c1O)CCOC21CCOC1. The van der Waals surface area contributed by atoms with Crippen LogP contribution in [-0.2, 0) is 28.2 Å². The number of hydrogen-bond acceptors (Lipinski definition) is 7. The summed E-state index contributed by atoms with van der Waals surface area (Å²) in [5.41, 5.74) is -1.21. The van der Waals surface area contributed by atoms with E-state index in [4.69, 9.17) is 9.47 Å². The van der Waals surface area contributed by atoms with E-state index in [0.717, 1.165) is 0 Å². The number of hydrogen-bond donors (Lipinski definition) is 2. The average molecular weight is 421 g/mol. The van der Waals surface area contributed by atoms with Crippen molar-refractivity contribution in [3.05, 3.63) is 51.5 Å². The lowest BCUT2D eigenvalue weighted by atomic mass is 10.00. The molecular weight excluding hydrogens is 401 g/mol. The van der Waals surface area contributed by atoms with E-state index >= 15 is 0 Å². The van der Waals surface area contributed by atoms with Gasteiger partial charge in [0.05, 0.1) is 26.4 Å². The van der Waals surface area contributed by atoms with Crippen molar-refractivity contribution in [2.45, 2.75) is 30.0 Å². The summed E-state index contributed by atoms with van der Waals surface area (Å²) >= 11 is 1.35. The molecule has 2 aromatic rings. The zero-order valence-electron chi connectivity index (χ0n) is 15.7. The third-order valence-electron chi connectivity index (χ3n) is 5.14. The summed E-state index contributed by atoms with van der Waals surface area (Å²) < 4.78 is 26.0. The molecular formula is C19H20FN3O5S. The number of fused-ring (bicyclic) bond motifs is 2. The molecule has 1 unspecified atom stereocenters. The Hall–Kier alpha value is -2.43. The van der Waals surface area contributed by atoms with E-state index in [-0.39, 0.29) is 31.2 Å². The first-order valence-electron chi connectivity index (χ1n) is 9.12. The molecule has 1 aromatic carbocycles. The van der Waals surface area contributed by atoms with E-state index in [1.54, 1.807) is 12.3 Å². The number of aromatic nitrogens is 2. The summed E-state index contributed by atoms with van der Waals surface area (Å²) in [6.07, 6.45) is 2.32. The topological polar surface area (TPSA) is 103 Å². The predicted molar refractivity (Wildman–Crippen MR) is 103 cm³/mol. The van der Waals surface area contributed by atoms with Crippen LogP contribution in [0.5, 0.6) is 5.75 Å². The van der Waals surface area contributed by atoms with Crippen LogP contribution in [0.15, 0.2) is 27.9 Å². The molecule has 154 valence electrons. The second-order valence-corrected chi connectivity index (χ2v) is 7.72. The average Bonchev–Trinajstić information content (AvgIpc) is 3.18. The summed E-state index contributed by atoms with van der Waals surface area (Å²) in [7, 11) is 0. The van der Waals surface area contributed by atoms with Crippen LogP contribution in [-0.4, -0.2) is 46.6 Å². The number of benzene rings is 1. The molecule has 1 fully saturated rings. The number of ether oxygens (including phenoxy) is 2. The minimum Gasteiger partial charge on any atom is -0.501 e. The van der Waals surface area contributed by atoms with Crippen LogP contribution in [0.1, 0.15) is 28.3 Å². The zero-order chi connectivity index (χ0) is 20.6. The fraction of sp³-hybridized carbons (Fsp3) is 0.421. The van der Waals surface area contributed by atoms with Crippen molar-refractivity contribution in [1.29, 1.82) is 0 Å². The largest absolute Gasteiger partial charge is 0.501 e. The van der Waals surface area contributed by atoms with Gasteiger partial charge in [-0.15, -0.1) is 11.8 Å². The molecule has 1 spiro atoms. The van der Waals surface area contributed by atoms with E-state index in [2.05, 4.69) is 10.3 Å². The molecule has 4 rings (SSSR count). The summed E-state index contributed by atoms with van der Waals surface area (Å²) in [5, 5.41) is 13.0. The highest BCUT2D eigenvalue weighted by molar-refractivity contribution is 7.98. The van der Waals surface area contributed by atoms with Gasteiger partial charge in [0, 0.05) is 17.9 Å². The number of halogens is 1. The van der Waals surface area contributed by atoms with E-state index in [0.29, 0.717) is 35.9 Å². The first-order chi connectivity index (χ1) is 13.9. The third kappa shape index (κ3) is 3.52. The number of carbonyl (C=O) groups excluding carboxylic acids is 1. The molecule has 2 aliphatic rings. The molecule has 1 aromatic heterocycles. The Kier molecular flexibility index (Phi) is 5.32. The van der Waals surface area contributed by atoms with Crippen molar-refractivity contribution < 1.29 is 23.8 Å². The van der Waals surface area contributed by atoms with Gasteiger partial charge in [-0.05, 0) is 24.0 Å². The molecule has 1 amide bonds. The minimum absolute atomic E-state index is 0.0968. The number of aromatic hydroxyl groups is 1. The summed E-state index contributed by atoms with van der Waals surface area (Å²) in [4.78, 5) is 30.3. The van der Waals surface area contributed by atoms with E-state index in [9.17, 15) is 19.1 Å². The number of amides is 1. The van der Waals surface area contributed by atoms with Gasteiger partial charge in [-0.3, -0.25) is 14.2 Å². The number of nitrogens with zero attached hydrogens (tertiary/aromatic N) is 2. The van der Waals surface area contributed by atoms with Crippen LogP contribution in [0.25, 0.3) is 0 Å². The summed E-state index contributed by atoms with van der Waals surface area (Å²) in [6, 6.07) is 4.27. The van der Waals surface area contributed by atoms with Crippen LogP contribution >= 0.6 is 11.8 Å². The molecule has 8 nitrogen and oxygen atoms in total. The summed E-state index contributed by atoms with van der Waals surface area (Å²) in [5.74, 6) is -1.47. The van der Waals surface area contributed by atoms with Crippen molar-refractivity contribution in [3.63, 3.8) is 0 Å². The molecule has 0 saturated carbocycles. The van der Waals surface area contributed by atoms with Gasteiger partial charge in [0.15, 0.2) is 11.3 Å². The van der Waals surface area contributed by atoms with Gasteiger partial charge in [-0.25, -0.2) is 9.37 Å². The summed E-state index contributed by atoms with van der Waals surface area (Å²) in [6.45, 7) is 1.33. The molecule has 1 atom stereocenters. The van der Waals surface area contributed by atoms with Gasteiger partial charge < -0.3 is 19.9 Å². The Morgan fingerprint density at radius 3 is 3.00 bits per heavy atom. The van der Waals surface area contributed by atoms with Crippen molar-refractivity contribution in [1.82, 2.24) is 14.9 Å². The highest BCUT2D eigenvalue weighted by Crippen LogP contribution is 2.36. The first kappa shape index (κ1) is 19.9. The van der Waals surface area contributed by atoms with Gasteiger partial charge in [0.25, 0.3) is 11.5 Å². The van der Waals surface area contributed by atoms with Gasteiger partial charge >= 0.3 is 0 Å². The quantitative estimate of drug-likeness (QED) is 0.719. The van der Waals surface area contributed by atoms with Crippen LogP contribution in [0.2, 0.25) is 0 Å². The first-order valence-corrected chi connectivity index (χ1v) is 10.3. The fourth-order valence-corrected chi connectivity index (χ4v) is 4.25. The molecule has 2 aliphatic heterocycles. The van der Waals surface area contributed by atoms with Crippen molar-refractivity contribution in [2.75, 3.05) is 26.1 Å². The lowest BCUT2D eigenvalue weighted by Gasteiger charge is -2.34. The van der Waals surface area contributed by atoms with Crippen molar-refractivity contribution in [2.24, 2.45) is 0 Å². The highest BCUT2D eigenvalue weighted by atomic mass is 32.2. The van der Waals surface area contributed by atoms with Crippen LogP contribution in [0.3, 0.4) is 0 Å². The third-order valence-corrected chi connectivity index (χ3v) is 5.96. The molecule has 0 aliphatic carbocycles. The second-order valence-electron chi connectivity index (χ2n) is 6.87. The van der Waals surface area contributed by atoms with Gasteiger partial charge in [-0.1, -0.05) is 6.07 Å². The lowest BCUT2D eigenvalue weighted by molar-refractivity contribution is -0.0852. The molecule has 2 N–H and O–H groups in total. The Balaban J connectivity index is 1.64. The maximum Gasteiger partial charge on any atom is 0.296 e. The molecule has 10 heteroatoms.